The van der Waals surface area contributed by atoms with Crippen molar-refractivity contribution >= 4 is 29.6 Å². The molecule has 8 heteroatoms. The molecule has 8 nitrogen and oxygen atoms in total. The Hall–Kier alpha value is -2.51. The van der Waals surface area contributed by atoms with Crippen LogP contribution in [0, 0.1) is 0 Å². The highest BCUT2D eigenvalue weighted by Crippen LogP contribution is 2.12. The van der Waals surface area contributed by atoms with Gasteiger partial charge >= 0.3 is 5.97 Å². The fourth-order valence-corrected chi connectivity index (χ4v) is 1.30. The second-order valence-corrected chi connectivity index (χ2v) is 3.97. The summed E-state index contributed by atoms with van der Waals surface area (Å²) < 4.78 is 0. The molecular weight excluding hydrogens is 268 g/mol. The molecular formula is C12H14N2O6. The van der Waals surface area contributed by atoms with Crippen LogP contribution in [-0.2, 0) is 28.8 Å². The molecule has 0 aromatic heterocycles. The summed E-state index contributed by atoms with van der Waals surface area (Å²) in [6, 6.07) is 0. The van der Waals surface area contributed by atoms with Crippen LogP contribution in [0.25, 0.3) is 0 Å². The Morgan fingerprint density at radius 3 is 1.85 bits per heavy atom. The number of carbonyl (C=O) groups excluding carboxylic acids is 5. The Balaban J connectivity index is 0.000000217. The molecule has 2 heterocycles. The molecule has 20 heavy (non-hydrogen) atoms. The molecule has 0 aromatic carbocycles. The quantitative estimate of drug-likeness (QED) is 0.635. The van der Waals surface area contributed by atoms with Gasteiger partial charge in [-0.2, -0.15) is 0 Å². The highest BCUT2D eigenvalue weighted by Gasteiger charge is 2.32. The first-order chi connectivity index (χ1) is 9.36. The van der Waals surface area contributed by atoms with Gasteiger partial charge in [-0.05, 0) is 0 Å². The minimum atomic E-state index is -0.571. The second kappa shape index (κ2) is 6.60. The largest absolute Gasteiger partial charge is 0.332 e. The van der Waals surface area contributed by atoms with E-state index in [1.54, 1.807) is 6.92 Å². The van der Waals surface area contributed by atoms with Crippen LogP contribution in [-0.4, -0.2) is 46.6 Å². The summed E-state index contributed by atoms with van der Waals surface area (Å²) in [7, 11) is 1.45. The number of hydrogen-bond donors (Lipinski definition) is 0. The van der Waals surface area contributed by atoms with E-state index < -0.39 is 17.8 Å². The molecule has 0 radical (unpaired) electrons. The monoisotopic (exact) mass is 282 g/mol. The molecule has 0 N–H and O–H groups in total. The molecule has 1 fully saturated rings. The van der Waals surface area contributed by atoms with Crippen molar-refractivity contribution < 1.29 is 28.8 Å². The van der Waals surface area contributed by atoms with Gasteiger partial charge in [0.2, 0.25) is 0 Å². The van der Waals surface area contributed by atoms with E-state index in [0.717, 1.165) is 4.90 Å². The zero-order valence-corrected chi connectivity index (χ0v) is 11.1. The third-order valence-corrected chi connectivity index (χ3v) is 2.52. The van der Waals surface area contributed by atoms with Crippen molar-refractivity contribution in [1.29, 1.82) is 0 Å². The van der Waals surface area contributed by atoms with E-state index in [2.05, 4.69) is 4.84 Å². The van der Waals surface area contributed by atoms with Crippen molar-refractivity contribution in [3.8, 4) is 0 Å². The summed E-state index contributed by atoms with van der Waals surface area (Å²) in [6.45, 7) is 1.59. The SMILES string of the molecule is CCC(=O)ON1C(=O)CCC1=O.CN1C(=O)C=CC1=O. The van der Waals surface area contributed by atoms with Crippen molar-refractivity contribution in [2.45, 2.75) is 26.2 Å². The van der Waals surface area contributed by atoms with Gasteiger partial charge in [0.25, 0.3) is 23.6 Å². The Bertz CT molecular complexity index is 462. The average molecular weight is 282 g/mol. The van der Waals surface area contributed by atoms with Gasteiger partial charge in [0, 0.05) is 38.5 Å². The molecule has 0 saturated carbocycles. The summed E-state index contributed by atoms with van der Waals surface area (Å²) in [4.78, 5) is 58.8. The van der Waals surface area contributed by atoms with Gasteiger partial charge in [-0.25, -0.2) is 4.79 Å². The minimum Gasteiger partial charge on any atom is -0.330 e. The number of likely N-dealkylation sites (N-methyl/N-ethyl adjacent to an activating group) is 1. The van der Waals surface area contributed by atoms with Gasteiger partial charge in [-0.15, -0.1) is 5.06 Å². The number of hydrogen-bond acceptors (Lipinski definition) is 6. The van der Waals surface area contributed by atoms with Crippen LogP contribution in [0.4, 0.5) is 0 Å². The molecule has 2 aliphatic heterocycles. The van der Waals surface area contributed by atoms with Gasteiger partial charge in [-0.3, -0.25) is 24.1 Å². The summed E-state index contributed by atoms with van der Waals surface area (Å²) >= 11 is 0. The lowest BCUT2D eigenvalue weighted by atomic mass is 10.4. The zero-order valence-electron chi connectivity index (χ0n) is 11.1. The maximum absolute atomic E-state index is 10.9. The first-order valence-electron chi connectivity index (χ1n) is 5.93. The topological polar surface area (TPSA) is 101 Å². The Kier molecular flexibility index (Phi) is 5.13. The third-order valence-electron chi connectivity index (χ3n) is 2.52. The van der Waals surface area contributed by atoms with Crippen molar-refractivity contribution in [2.75, 3.05) is 7.05 Å². The fourth-order valence-electron chi connectivity index (χ4n) is 1.30. The number of carbonyl (C=O) groups is 5. The van der Waals surface area contributed by atoms with E-state index in [0.29, 0.717) is 5.06 Å². The normalized spacial score (nSPS) is 17.5. The van der Waals surface area contributed by atoms with Crippen LogP contribution in [0.2, 0.25) is 0 Å². The predicted molar refractivity (Wildman–Crippen MR) is 64.4 cm³/mol. The maximum Gasteiger partial charge on any atom is 0.332 e. The standard InChI is InChI=1S/C7H9NO4.C5H5NO2/c1-2-7(11)12-8-5(9)3-4-6(8)10;1-6-4(7)2-3-5(6)8/h2-4H2,1H3;2-3H,1H3. The van der Waals surface area contributed by atoms with Crippen LogP contribution in [0.1, 0.15) is 26.2 Å². The Labute approximate surface area is 114 Å². The molecule has 0 atom stereocenters. The Morgan fingerprint density at radius 2 is 1.55 bits per heavy atom. The summed E-state index contributed by atoms with van der Waals surface area (Å²) in [6.07, 6.45) is 2.92. The van der Waals surface area contributed by atoms with Gasteiger partial charge < -0.3 is 4.84 Å². The van der Waals surface area contributed by atoms with E-state index in [1.165, 1.54) is 19.2 Å². The lowest BCUT2D eigenvalue weighted by Crippen LogP contribution is -2.31. The molecule has 108 valence electrons. The lowest BCUT2D eigenvalue weighted by molar-refractivity contribution is -0.197. The minimum absolute atomic E-state index is 0.135. The summed E-state index contributed by atoms with van der Waals surface area (Å²) in [5.74, 6) is -1.94. The fraction of sp³-hybridized carbons (Fsp3) is 0.417. The molecule has 0 aromatic rings. The summed E-state index contributed by atoms with van der Waals surface area (Å²) in [5, 5.41) is 0.547. The van der Waals surface area contributed by atoms with Crippen LogP contribution in [0.3, 0.4) is 0 Å². The molecule has 0 aliphatic carbocycles. The molecule has 0 unspecified atom stereocenters. The van der Waals surface area contributed by atoms with Crippen molar-refractivity contribution in [3.05, 3.63) is 12.2 Å². The first-order valence-corrected chi connectivity index (χ1v) is 5.93. The van der Waals surface area contributed by atoms with E-state index in [1.807, 2.05) is 0 Å². The highest BCUT2D eigenvalue weighted by molar-refractivity contribution is 6.12. The molecule has 2 aliphatic rings. The summed E-state index contributed by atoms with van der Waals surface area (Å²) in [5.41, 5.74) is 0. The van der Waals surface area contributed by atoms with E-state index >= 15 is 0 Å². The van der Waals surface area contributed by atoms with Crippen molar-refractivity contribution in [2.24, 2.45) is 0 Å². The number of nitrogens with zero attached hydrogens (tertiary/aromatic N) is 2. The predicted octanol–water partition coefficient (Wildman–Crippen LogP) is -0.455. The van der Waals surface area contributed by atoms with E-state index in [-0.39, 0.29) is 31.1 Å². The van der Waals surface area contributed by atoms with Gasteiger partial charge in [0.15, 0.2) is 0 Å². The number of imide groups is 2. The maximum atomic E-state index is 10.9. The smallest absolute Gasteiger partial charge is 0.330 e. The van der Waals surface area contributed by atoms with Crippen LogP contribution < -0.4 is 0 Å². The molecule has 0 bridgehead atoms. The molecule has 0 spiro atoms. The zero-order chi connectivity index (χ0) is 15.3. The average Bonchev–Trinajstić information content (AvgIpc) is 2.89. The van der Waals surface area contributed by atoms with Crippen LogP contribution in [0.5, 0.6) is 0 Å². The van der Waals surface area contributed by atoms with Crippen LogP contribution in [0.15, 0.2) is 12.2 Å². The highest BCUT2D eigenvalue weighted by atomic mass is 16.7. The Morgan fingerprint density at radius 1 is 1.10 bits per heavy atom. The van der Waals surface area contributed by atoms with Crippen molar-refractivity contribution in [3.63, 3.8) is 0 Å². The first kappa shape index (κ1) is 15.5. The van der Waals surface area contributed by atoms with Gasteiger partial charge in [0.05, 0.1) is 0 Å². The van der Waals surface area contributed by atoms with Gasteiger partial charge in [0.1, 0.15) is 0 Å². The molecule has 2 rings (SSSR count). The van der Waals surface area contributed by atoms with Crippen LogP contribution >= 0.6 is 0 Å². The molecule has 4 amide bonds. The third kappa shape index (κ3) is 3.74. The van der Waals surface area contributed by atoms with Gasteiger partial charge in [-0.1, -0.05) is 6.92 Å². The van der Waals surface area contributed by atoms with Crippen molar-refractivity contribution in [1.82, 2.24) is 9.96 Å². The number of hydroxylamine groups is 2. The number of amides is 4. The van der Waals surface area contributed by atoms with E-state index in [9.17, 15) is 24.0 Å². The van der Waals surface area contributed by atoms with E-state index in [4.69, 9.17) is 0 Å². The molecule has 1 saturated heterocycles. The second-order valence-electron chi connectivity index (χ2n) is 3.97. The number of rotatable bonds is 2. The lowest BCUT2D eigenvalue weighted by Gasteiger charge is -2.10.